The number of rotatable bonds is 4. The number of Topliss-reactive ketones (excluding diaryl/α,β-unsaturated/α-hetero) is 1. The molecule has 5 rings (SSSR count). The fourth-order valence-corrected chi connectivity index (χ4v) is 3.50. The van der Waals surface area contributed by atoms with Crippen LogP contribution in [0.2, 0.25) is 0 Å². The highest BCUT2D eigenvalue weighted by atomic mass is 16.1. The predicted octanol–water partition coefficient (Wildman–Crippen LogP) is 4.84. The zero-order chi connectivity index (χ0) is 18.2. The van der Waals surface area contributed by atoms with Gasteiger partial charge in [-0.25, -0.2) is 4.98 Å². The summed E-state index contributed by atoms with van der Waals surface area (Å²) in [5, 5.41) is 0. The van der Waals surface area contributed by atoms with Crippen molar-refractivity contribution in [3.63, 3.8) is 0 Å². The Bertz CT molecular complexity index is 1250. The Morgan fingerprint density at radius 2 is 1.41 bits per heavy atom. The molecule has 0 N–H and O–H groups in total. The van der Waals surface area contributed by atoms with Gasteiger partial charge in [-0.1, -0.05) is 72.8 Å². The van der Waals surface area contributed by atoms with Gasteiger partial charge >= 0.3 is 0 Å². The van der Waals surface area contributed by atoms with E-state index in [4.69, 9.17) is 4.98 Å². The van der Waals surface area contributed by atoms with E-state index in [1.807, 2.05) is 89.6 Å². The van der Waals surface area contributed by atoms with E-state index in [-0.39, 0.29) is 12.3 Å². The Hall–Kier alpha value is -3.66. The molecule has 0 bridgehead atoms. The first-order valence-corrected chi connectivity index (χ1v) is 8.91. The number of carbonyl (C=O) groups is 1. The van der Waals surface area contributed by atoms with E-state index in [0.29, 0.717) is 5.56 Å². The maximum Gasteiger partial charge on any atom is 0.215 e. The van der Waals surface area contributed by atoms with Crippen LogP contribution in [0, 0.1) is 0 Å². The molecule has 0 unspecified atom stereocenters. The van der Waals surface area contributed by atoms with E-state index in [1.165, 1.54) is 0 Å². The Balaban J connectivity index is 1.67. The molecule has 130 valence electrons. The van der Waals surface area contributed by atoms with Gasteiger partial charge in [0.15, 0.2) is 5.78 Å². The second-order valence-electron chi connectivity index (χ2n) is 6.53. The number of hydrogen-bond acceptors (Lipinski definition) is 2. The van der Waals surface area contributed by atoms with Crippen LogP contribution >= 0.6 is 0 Å². The molecule has 3 aromatic carbocycles. The van der Waals surface area contributed by atoms with Crippen LogP contribution in [-0.2, 0) is 6.54 Å². The molecule has 4 nitrogen and oxygen atoms in total. The van der Waals surface area contributed by atoms with Crippen LogP contribution in [0.3, 0.4) is 0 Å². The maximum absolute atomic E-state index is 12.8. The molecule has 0 aliphatic heterocycles. The monoisotopic (exact) mass is 351 g/mol. The minimum atomic E-state index is 0.0723. The molecular weight excluding hydrogens is 334 g/mol. The summed E-state index contributed by atoms with van der Waals surface area (Å²) in [6, 6.07) is 27.6. The van der Waals surface area contributed by atoms with E-state index >= 15 is 0 Å². The molecule has 0 radical (unpaired) electrons. The maximum atomic E-state index is 12.8. The molecule has 0 aliphatic carbocycles. The molecule has 0 atom stereocenters. The number of ketones is 1. The third-order valence-electron chi connectivity index (χ3n) is 4.83. The number of carbonyl (C=O) groups excluding carboxylic acids is 1. The van der Waals surface area contributed by atoms with Gasteiger partial charge in [0, 0.05) is 17.3 Å². The molecule has 0 saturated carbocycles. The molecule has 2 heterocycles. The van der Waals surface area contributed by atoms with Gasteiger partial charge in [-0.3, -0.25) is 9.20 Å². The Kier molecular flexibility index (Phi) is 3.61. The second kappa shape index (κ2) is 6.25. The lowest BCUT2D eigenvalue weighted by molar-refractivity contribution is 0.0974. The van der Waals surface area contributed by atoms with Gasteiger partial charge < -0.3 is 4.57 Å². The minimum Gasteiger partial charge on any atom is -0.302 e. The van der Waals surface area contributed by atoms with Crippen molar-refractivity contribution in [3.8, 4) is 11.3 Å². The first-order chi connectivity index (χ1) is 13.3. The molecule has 2 aromatic heterocycles. The van der Waals surface area contributed by atoms with Crippen LogP contribution in [-0.4, -0.2) is 19.7 Å². The molecule has 0 saturated heterocycles. The van der Waals surface area contributed by atoms with Crippen molar-refractivity contribution in [1.82, 2.24) is 14.0 Å². The molecule has 0 fully saturated rings. The number of hydrogen-bond donors (Lipinski definition) is 0. The van der Waals surface area contributed by atoms with Crippen LogP contribution in [0.1, 0.15) is 10.4 Å². The predicted molar refractivity (Wildman–Crippen MR) is 107 cm³/mol. The summed E-state index contributed by atoms with van der Waals surface area (Å²) in [7, 11) is 0. The smallest absolute Gasteiger partial charge is 0.215 e. The number of benzene rings is 3. The lowest BCUT2D eigenvalue weighted by Gasteiger charge is -2.05. The zero-order valence-corrected chi connectivity index (χ0v) is 14.6. The lowest BCUT2D eigenvalue weighted by Crippen LogP contribution is -2.10. The van der Waals surface area contributed by atoms with Crippen molar-refractivity contribution in [2.45, 2.75) is 6.54 Å². The van der Waals surface area contributed by atoms with Crippen molar-refractivity contribution in [1.29, 1.82) is 0 Å². The Labute approximate surface area is 156 Å². The van der Waals surface area contributed by atoms with E-state index < -0.39 is 0 Å². The molecule has 0 aliphatic rings. The van der Waals surface area contributed by atoms with Crippen LogP contribution < -0.4 is 0 Å². The van der Waals surface area contributed by atoms with Gasteiger partial charge in [0.25, 0.3) is 0 Å². The van der Waals surface area contributed by atoms with Crippen LogP contribution in [0.4, 0.5) is 0 Å². The number of imidazole rings is 2. The fourth-order valence-electron chi connectivity index (χ4n) is 3.50. The van der Waals surface area contributed by atoms with Gasteiger partial charge in [-0.2, -0.15) is 0 Å². The van der Waals surface area contributed by atoms with Gasteiger partial charge in [0.2, 0.25) is 5.78 Å². The zero-order valence-electron chi connectivity index (χ0n) is 14.6. The standard InChI is InChI=1S/C23H17N3O/c27-22(18-11-5-2-6-12-18)16-26-21-14-8-7-13-20(21)25-15-19(24-23(25)26)17-9-3-1-4-10-17/h1-15H,16H2. The highest BCUT2D eigenvalue weighted by Crippen LogP contribution is 2.25. The lowest BCUT2D eigenvalue weighted by atomic mass is 10.1. The van der Waals surface area contributed by atoms with Gasteiger partial charge in [0.05, 0.1) is 23.3 Å². The fraction of sp³-hybridized carbons (Fsp3) is 0.0435. The summed E-state index contributed by atoms with van der Waals surface area (Å²) < 4.78 is 4.06. The third-order valence-corrected chi connectivity index (χ3v) is 4.83. The largest absolute Gasteiger partial charge is 0.302 e. The number of nitrogens with zero attached hydrogens (tertiary/aromatic N) is 3. The molecule has 0 spiro atoms. The van der Waals surface area contributed by atoms with E-state index in [2.05, 4.69) is 10.5 Å². The average Bonchev–Trinajstić information content (AvgIpc) is 3.28. The number of fused-ring (bicyclic) bond motifs is 3. The van der Waals surface area contributed by atoms with Crippen molar-refractivity contribution >= 4 is 22.6 Å². The number of aromatic nitrogens is 3. The Morgan fingerprint density at radius 1 is 0.778 bits per heavy atom. The average molecular weight is 351 g/mol. The van der Waals surface area contributed by atoms with Crippen LogP contribution in [0.15, 0.2) is 91.1 Å². The van der Waals surface area contributed by atoms with Gasteiger partial charge in [0.1, 0.15) is 0 Å². The Morgan fingerprint density at radius 3 is 2.15 bits per heavy atom. The summed E-state index contributed by atoms with van der Waals surface area (Å²) in [5.41, 5.74) is 4.72. The normalized spacial score (nSPS) is 11.3. The molecular formula is C23H17N3O. The first kappa shape index (κ1) is 15.6. The van der Waals surface area contributed by atoms with Gasteiger partial charge in [-0.15, -0.1) is 0 Å². The quantitative estimate of drug-likeness (QED) is 0.435. The second-order valence-corrected chi connectivity index (χ2v) is 6.53. The summed E-state index contributed by atoms with van der Waals surface area (Å²) in [5.74, 6) is 0.849. The van der Waals surface area contributed by atoms with E-state index in [1.54, 1.807) is 0 Å². The summed E-state index contributed by atoms with van der Waals surface area (Å²) in [6.45, 7) is 0.256. The minimum absolute atomic E-state index is 0.0723. The first-order valence-electron chi connectivity index (χ1n) is 8.91. The highest BCUT2D eigenvalue weighted by Gasteiger charge is 2.17. The molecule has 27 heavy (non-hydrogen) atoms. The van der Waals surface area contributed by atoms with Gasteiger partial charge in [-0.05, 0) is 12.1 Å². The van der Waals surface area contributed by atoms with Crippen molar-refractivity contribution in [2.75, 3.05) is 0 Å². The van der Waals surface area contributed by atoms with Crippen LogP contribution in [0.5, 0.6) is 0 Å². The summed E-state index contributed by atoms with van der Waals surface area (Å²) in [6.07, 6.45) is 2.04. The van der Waals surface area contributed by atoms with E-state index in [0.717, 1.165) is 28.1 Å². The summed E-state index contributed by atoms with van der Waals surface area (Å²) in [4.78, 5) is 17.7. The van der Waals surface area contributed by atoms with E-state index in [9.17, 15) is 4.79 Å². The van der Waals surface area contributed by atoms with Crippen LogP contribution in [0.25, 0.3) is 28.1 Å². The third kappa shape index (κ3) is 2.62. The molecule has 4 heteroatoms. The summed E-state index contributed by atoms with van der Waals surface area (Å²) >= 11 is 0. The molecule has 0 amide bonds. The SMILES string of the molecule is O=C(Cn1c2ccccc2n2cc(-c3ccccc3)nc12)c1ccccc1. The van der Waals surface area contributed by atoms with Crippen molar-refractivity contribution in [2.24, 2.45) is 0 Å². The van der Waals surface area contributed by atoms with Crippen molar-refractivity contribution in [3.05, 3.63) is 96.7 Å². The topological polar surface area (TPSA) is 39.3 Å². The number of para-hydroxylation sites is 2. The highest BCUT2D eigenvalue weighted by molar-refractivity contribution is 5.97. The van der Waals surface area contributed by atoms with Crippen molar-refractivity contribution < 1.29 is 4.79 Å². The molecule has 5 aromatic rings.